The lowest BCUT2D eigenvalue weighted by atomic mass is 10.0. The Balaban J connectivity index is 2.22. The third kappa shape index (κ3) is 2.89. The highest BCUT2D eigenvalue weighted by atomic mass is 79.9. The van der Waals surface area contributed by atoms with E-state index in [2.05, 4.69) is 34.1 Å². The number of halogens is 1. The maximum absolute atomic E-state index is 12.3. The lowest BCUT2D eigenvalue weighted by molar-refractivity contribution is -0.133. The van der Waals surface area contributed by atoms with Crippen molar-refractivity contribution >= 4 is 21.8 Å². The fourth-order valence-electron chi connectivity index (χ4n) is 2.25. The van der Waals surface area contributed by atoms with E-state index in [-0.39, 0.29) is 5.91 Å². The summed E-state index contributed by atoms with van der Waals surface area (Å²) < 4.78 is -0.466. The monoisotopic (exact) mass is 295 g/mol. The van der Waals surface area contributed by atoms with Crippen LogP contribution in [0.5, 0.6) is 0 Å². The van der Waals surface area contributed by atoms with Gasteiger partial charge >= 0.3 is 0 Å². The predicted molar refractivity (Wildman–Crippen MR) is 73.2 cm³/mol. The predicted octanol–water partition coefficient (Wildman–Crippen LogP) is 3.13. The minimum absolute atomic E-state index is 0.175. The fraction of sp³-hybridized carbons (Fsp3) is 0.500. The number of rotatable bonds is 1. The molecule has 1 amide bonds. The van der Waals surface area contributed by atoms with Gasteiger partial charge in [0.1, 0.15) is 0 Å². The first-order chi connectivity index (χ1) is 7.98. The van der Waals surface area contributed by atoms with Crippen LogP contribution in [0.2, 0.25) is 0 Å². The lowest BCUT2D eigenvalue weighted by Gasteiger charge is -2.27. The van der Waals surface area contributed by atoms with Crippen molar-refractivity contribution in [3.05, 3.63) is 35.4 Å². The molecule has 1 aliphatic heterocycles. The smallest absolute Gasteiger partial charge is 0.239 e. The quantitative estimate of drug-likeness (QED) is 0.729. The second-order valence-electron chi connectivity index (χ2n) is 5.07. The van der Waals surface area contributed by atoms with Gasteiger partial charge < -0.3 is 4.90 Å². The van der Waals surface area contributed by atoms with Gasteiger partial charge in [-0.2, -0.15) is 0 Å². The molecule has 0 atom stereocenters. The van der Waals surface area contributed by atoms with Gasteiger partial charge in [0, 0.05) is 13.1 Å². The molecule has 0 saturated carbocycles. The van der Waals surface area contributed by atoms with E-state index in [1.807, 2.05) is 24.8 Å². The zero-order valence-electron chi connectivity index (χ0n) is 10.4. The summed E-state index contributed by atoms with van der Waals surface area (Å²) in [6.45, 7) is 5.41. The van der Waals surface area contributed by atoms with Gasteiger partial charge in [0.15, 0.2) is 0 Å². The van der Waals surface area contributed by atoms with Gasteiger partial charge in [-0.25, -0.2) is 0 Å². The van der Waals surface area contributed by atoms with E-state index >= 15 is 0 Å². The molecule has 0 unspecified atom stereocenters. The van der Waals surface area contributed by atoms with E-state index < -0.39 is 4.32 Å². The normalized spacial score (nSPS) is 16.3. The van der Waals surface area contributed by atoms with E-state index in [4.69, 9.17) is 0 Å². The molecule has 2 rings (SSSR count). The molecule has 0 radical (unpaired) electrons. The summed E-state index contributed by atoms with van der Waals surface area (Å²) in [5.74, 6) is 0.175. The zero-order chi connectivity index (χ0) is 12.5. The van der Waals surface area contributed by atoms with E-state index in [0.717, 1.165) is 25.9 Å². The van der Waals surface area contributed by atoms with Gasteiger partial charge in [-0.3, -0.25) is 4.79 Å². The Morgan fingerprint density at radius 2 is 1.94 bits per heavy atom. The number of benzene rings is 1. The highest BCUT2D eigenvalue weighted by molar-refractivity contribution is 9.10. The molecule has 1 aliphatic rings. The topological polar surface area (TPSA) is 20.3 Å². The van der Waals surface area contributed by atoms with Gasteiger partial charge in [0.05, 0.1) is 4.32 Å². The largest absolute Gasteiger partial charge is 0.337 e. The third-order valence-electron chi connectivity index (χ3n) is 3.15. The maximum Gasteiger partial charge on any atom is 0.239 e. The van der Waals surface area contributed by atoms with E-state index in [9.17, 15) is 4.79 Å². The number of hydrogen-bond acceptors (Lipinski definition) is 1. The minimum atomic E-state index is -0.466. The summed E-state index contributed by atoms with van der Waals surface area (Å²) >= 11 is 3.45. The number of carbonyl (C=O) groups excluding carboxylic acids is 1. The molecule has 1 aromatic carbocycles. The van der Waals surface area contributed by atoms with Gasteiger partial charge in [-0.05, 0) is 37.8 Å². The molecular weight excluding hydrogens is 278 g/mol. The molecule has 0 aromatic heterocycles. The fourth-order valence-corrected chi connectivity index (χ4v) is 2.50. The first-order valence-electron chi connectivity index (χ1n) is 6.03. The van der Waals surface area contributed by atoms with E-state index in [1.54, 1.807) is 0 Å². The number of carbonyl (C=O) groups is 1. The summed E-state index contributed by atoms with van der Waals surface area (Å²) in [7, 11) is 0. The summed E-state index contributed by atoms with van der Waals surface area (Å²) in [5.41, 5.74) is 2.67. The Kier molecular flexibility index (Phi) is 3.57. The van der Waals surface area contributed by atoms with Crippen LogP contribution in [-0.2, 0) is 17.8 Å². The van der Waals surface area contributed by atoms with Gasteiger partial charge in [-0.15, -0.1) is 0 Å². The molecule has 1 aromatic rings. The van der Waals surface area contributed by atoms with Gasteiger partial charge in [0.25, 0.3) is 0 Å². The van der Waals surface area contributed by atoms with Crippen molar-refractivity contribution < 1.29 is 4.79 Å². The van der Waals surface area contributed by atoms with Crippen molar-refractivity contribution in [3.63, 3.8) is 0 Å². The summed E-state index contributed by atoms with van der Waals surface area (Å²) in [5, 5.41) is 0. The molecule has 0 aliphatic carbocycles. The number of nitrogens with zero attached hydrogens (tertiary/aromatic N) is 1. The Bertz CT molecular complexity index is 422. The molecule has 0 fully saturated rings. The second kappa shape index (κ2) is 4.81. The van der Waals surface area contributed by atoms with Crippen LogP contribution in [0.15, 0.2) is 24.3 Å². The van der Waals surface area contributed by atoms with Gasteiger partial charge in [-0.1, -0.05) is 40.2 Å². The summed E-state index contributed by atoms with van der Waals surface area (Å²) in [6.07, 6.45) is 2.12. The summed E-state index contributed by atoms with van der Waals surface area (Å²) in [6, 6.07) is 8.42. The third-order valence-corrected chi connectivity index (χ3v) is 3.49. The Hall–Kier alpha value is -0.830. The maximum atomic E-state index is 12.3. The number of aryl methyl sites for hydroxylation is 1. The molecule has 17 heavy (non-hydrogen) atoms. The minimum Gasteiger partial charge on any atom is -0.337 e. The summed E-state index contributed by atoms with van der Waals surface area (Å²) in [4.78, 5) is 14.2. The Morgan fingerprint density at radius 1 is 1.29 bits per heavy atom. The number of fused-ring (bicyclic) bond motifs is 1. The van der Waals surface area contributed by atoms with Crippen molar-refractivity contribution in [1.82, 2.24) is 4.90 Å². The molecule has 0 N–H and O–H groups in total. The average molecular weight is 296 g/mol. The molecule has 0 bridgehead atoms. The molecule has 2 nitrogen and oxygen atoms in total. The van der Waals surface area contributed by atoms with Gasteiger partial charge in [0.2, 0.25) is 5.91 Å². The van der Waals surface area contributed by atoms with Crippen molar-refractivity contribution in [1.29, 1.82) is 0 Å². The first kappa shape index (κ1) is 12.6. The molecule has 92 valence electrons. The van der Waals surface area contributed by atoms with Crippen molar-refractivity contribution in [3.8, 4) is 0 Å². The van der Waals surface area contributed by atoms with Crippen molar-refractivity contribution in [2.45, 2.75) is 37.6 Å². The van der Waals surface area contributed by atoms with Crippen molar-refractivity contribution in [2.75, 3.05) is 6.54 Å². The molecule has 0 spiro atoms. The van der Waals surface area contributed by atoms with Crippen LogP contribution in [0.3, 0.4) is 0 Å². The SMILES string of the molecule is CC(C)(Br)C(=O)N1CCCc2ccccc2C1. The van der Waals surface area contributed by atoms with E-state index in [1.165, 1.54) is 11.1 Å². The zero-order valence-corrected chi connectivity index (χ0v) is 12.0. The van der Waals surface area contributed by atoms with Crippen LogP contribution in [0.25, 0.3) is 0 Å². The highest BCUT2D eigenvalue weighted by Crippen LogP contribution is 2.24. The van der Waals surface area contributed by atoms with Crippen LogP contribution < -0.4 is 0 Å². The number of amides is 1. The lowest BCUT2D eigenvalue weighted by Crippen LogP contribution is -2.41. The number of alkyl halides is 1. The van der Waals surface area contributed by atoms with Crippen LogP contribution in [0, 0.1) is 0 Å². The standard InChI is InChI=1S/C14H18BrNO/c1-14(2,15)13(17)16-9-5-8-11-6-3-4-7-12(11)10-16/h3-4,6-7H,5,8-10H2,1-2H3. The van der Waals surface area contributed by atoms with Crippen LogP contribution in [0.1, 0.15) is 31.4 Å². The molecule has 1 heterocycles. The first-order valence-corrected chi connectivity index (χ1v) is 6.83. The molecule has 0 saturated heterocycles. The van der Waals surface area contributed by atoms with Crippen LogP contribution >= 0.6 is 15.9 Å². The molecular formula is C14H18BrNO. The number of hydrogen-bond donors (Lipinski definition) is 0. The van der Waals surface area contributed by atoms with Crippen LogP contribution in [0.4, 0.5) is 0 Å². The molecule has 3 heteroatoms. The highest BCUT2D eigenvalue weighted by Gasteiger charge is 2.30. The Morgan fingerprint density at radius 3 is 2.59 bits per heavy atom. The van der Waals surface area contributed by atoms with Crippen LogP contribution in [-0.4, -0.2) is 21.7 Å². The Labute approximate surface area is 111 Å². The second-order valence-corrected chi connectivity index (χ2v) is 7.05. The average Bonchev–Trinajstić information content (AvgIpc) is 2.48. The van der Waals surface area contributed by atoms with Crippen molar-refractivity contribution in [2.24, 2.45) is 0 Å². The van der Waals surface area contributed by atoms with E-state index in [0.29, 0.717) is 0 Å².